The number of aliphatic carboxylic acids is 1. The number of hydrogen-bond donors (Lipinski definition) is 1. The van der Waals surface area contributed by atoms with Crippen molar-refractivity contribution in [1.29, 1.82) is 0 Å². The van der Waals surface area contributed by atoms with Gasteiger partial charge in [0.1, 0.15) is 0 Å². The summed E-state index contributed by atoms with van der Waals surface area (Å²) < 4.78 is 5.17. The number of carbonyl (C=O) groups excluding carboxylic acids is 1. The van der Waals surface area contributed by atoms with Gasteiger partial charge < -0.3 is 9.84 Å². The molecule has 0 aliphatic carbocycles. The van der Waals surface area contributed by atoms with Crippen molar-refractivity contribution in [3.8, 4) is 28.3 Å². The largest absolute Gasteiger partial charge is 0.481 e. The summed E-state index contributed by atoms with van der Waals surface area (Å²) in [7, 11) is 1.58. The molecule has 8 heteroatoms. The van der Waals surface area contributed by atoms with Crippen molar-refractivity contribution >= 4 is 28.3 Å². The monoisotopic (exact) mass is 491 g/mol. The molecule has 7 nitrogen and oxygen atoms in total. The van der Waals surface area contributed by atoms with Crippen LogP contribution in [0.4, 0.5) is 5.13 Å². The number of pyridine rings is 1. The molecule has 1 aromatic carbocycles. The van der Waals surface area contributed by atoms with Crippen LogP contribution in [0.3, 0.4) is 0 Å². The molecule has 3 heterocycles. The molecule has 2 aromatic heterocycles. The van der Waals surface area contributed by atoms with E-state index in [1.54, 1.807) is 18.2 Å². The fourth-order valence-electron chi connectivity index (χ4n) is 4.54. The first kappa shape index (κ1) is 24.6. The SMILES string of the molecule is COc1ccc(-c2ccccc2-c2csc(N3CC=CCC(C(C)C)C(CC(=O)O)C3=O)n2)cn1. The zero-order valence-corrected chi connectivity index (χ0v) is 20.9. The number of nitrogens with zero attached hydrogens (tertiary/aromatic N) is 3. The summed E-state index contributed by atoms with van der Waals surface area (Å²) >= 11 is 1.39. The highest BCUT2D eigenvalue weighted by molar-refractivity contribution is 7.14. The molecule has 2 unspecified atom stereocenters. The lowest BCUT2D eigenvalue weighted by Crippen LogP contribution is -2.42. The highest BCUT2D eigenvalue weighted by atomic mass is 32.1. The first-order valence-electron chi connectivity index (χ1n) is 11.6. The molecule has 1 amide bonds. The van der Waals surface area contributed by atoms with E-state index in [9.17, 15) is 14.7 Å². The molecule has 1 N–H and O–H groups in total. The minimum atomic E-state index is -0.958. The fourth-order valence-corrected chi connectivity index (χ4v) is 5.38. The van der Waals surface area contributed by atoms with Crippen molar-refractivity contribution in [3.05, 3.63) is 60.1 Å². The zero-order chi connectivity index (χ0) is 24.9. The molecular weight excluding hydrogens is 462 g/mol. The number of amides is 1. The van der Waals surface area contributed by atoms with Gasteiger partial charge in [-0.15, -0.1) is 11.3 Å². The van der Waals surface area contributed by atoms with Crippen LogP contribution >= 0.6 is 11.3 Å². The third-order valence-corrected chi connectivity index (χ3v) is 7.26. The molecule has 0 saturated carbocycles. The van der Waals surface area contributed by atoms with E-state index in [0.717, 1.165) is 22.4 Å². The van der Waals surface area contributed by atoms with Crippen molar-refractivity contribution in [1.82, 2.24) is 9.97 Å². The lowest BCUT2D eigenvalue weighted by Gasteiger charge is -2.33. The number of methoxy groups -OCH3 is 1. The van der Waals surface area contributed by atoms with Crippen molar-refractivity contribution in [3.63, 3.8) is 0 Å². The van der Waals surface area contributed by atoms with Crippen molar-refractivity contribution < 1.29 is 19.4 Å². The summed E-state index contributed by atoms with van der Waals surface area (Å²) in [6.07, 6.45) is 6.31. The van der Waals surface area contributed by atoms with Crippen LogP contribution in [-0.2, 0) is 9.59 Å². The highest BCUT2D eigenvalue weighted by Crippen LogP contribution is 2.37. The molecule has 4 rings (SSSR count). The molecule has 0 saturated heterocycles. The summed E-state index contributed by atoms with van der Waals surface area (Å²) in [4.78, 5) is 36.0. The first-order valence-corrected chi connectivity index (χ1v) is 12.5. The van der Waals surface area contributed by atoms with Gasteiger partial charge in [-0.1, -0.05) is 50.3 Å². The molecule has 182 valence electrons. The standard InChI is InChI=1S/C27H29N3O4S/c1-17(2)19-8-6-7-13-30(26(33)22(19)14-25(31)32)27-29-23(16-35-27)21-10-5-4-9-20(21)18-11-12-24(34-3)28-15-18/h4-7,9-12,15-17,19,22H,8,13-14H2,1-3H3,(H,31,32). The molecule has 1 aliphatic rings. The van der Waals surface area contributed by atoms with Crippen molar-refractivity contribution in [2.45, 2.75) is 26.7 Å². The summed E-state index contributed by atoms with van der Waals surface area (Å²) in [6, 6.07) is 11.7. The Labute approximate surface area is 209 Å². The van der Waals surface area contributed by atoms with Gasteiger partial charge in [0.25, 0.3) is 0 Å². The number of rotatable bonds is 7. The van der Waals surface area contributed by atoms with Crippen LogP contribution < -0.4 is 9.64 Å². The Morgan fingerprint density at radius 3 is 2.63 bits per heavy atom. The van der Waals surface area contributed by atoms with E-state index in [1.165, 1.54) is 11.3 Å². The molecule has 1 aliphatic heterocycles. The predicted octanol–water partition coefficient (Wildman–Crippen LogP) is 5.54. The highest BCUT2D eigenvalue weighted by Gasteiger charge is 2.36. The second-order valence-electron chi connectivity index (χ2n) is 8.92. The number of allylic oxidation sites excluding steroid dienone is 1. The summed E-state index contributed by atoms with van der Waals surface area (Å²) in [5.41, 5.74) is 3.59. The van der Waals surface area contributed by atoms with Gasteiger partial charge in [0.2, 0.25) is 11.8 Å². The lowest BCUT2D eigenvalue weighted by molar-refractivity contribution is -0.142. The van der Waals surface area contributed by atoms with Crippen molar-refractivity contribution in [2.75, 3.05) is 18.6 Å². The number of aromatic nitrogens is 2. The maximum Gasteiger partial charge on any atom is 0.304 e. The summed E-state index contributed by atoms with van der Waals surface area (Å²) in [5, 5.41) is 12.0. The van der Waals surface area contributed by atoms with Crippen LogP contribution in [0.5, 0.6) is 5.88 Å². The normalized spacial score (nSPS) is 18.4. The van der Waals surface area contributed by atoms with Crippen LogP contribution in [0, 0.1) is 17.8 Å². The van der Waals surface area contributed by atoms with Gasteiger partial charge in [0.15, 0.2) is 5.13 Å². The first-order chi connectivity index (χ1) is 16.9. The third-order valence-electron chi connectivity index (χ3n) is 6.40. The second kappa shape index (κ2) is 10.8. The van der Waals surface area contributed by atoms with E-state index >= 15 is 0 Å². The van der Waals surface area contributed by atoms with E-state index in [2.05, 4.69) is 11.1 Å². The van der Waals surface area contributed by atoms with E-state index in [1.807, 2.05) is 61.7 Å². The Hall–Kier alpha value is -3.52. The van der Waals surface area contributed by atoms with Crippen LogP contribution in [0.1, 0.15) is 26.7 Å². The number of carbonyl (C=O) groups is 2. The Kier molecular flexibility index (Phi) is 7.60. The topological polar surface area (TPSA) is 92.6 Å². The zero-order valence-electron chi connectivity index (χ0n) is 20.0. The van der Waals surface area contributed by atoms with E-state index in [4.69, 9.17) is 9.72 Å². The minimum absolute atomic E-state index is 0.0413. The number of ether oxygens (including phenoxy) is 1. The fraction of sp³-hybridized carbons (Fsp3) is 0.333. The van der Waals surface area contributed by atoms with E-state index in [-0.39, 0.29) is 24.2 Å². The Bertz CT molecular complexity index is 1220. The number of thiazole rings is 1. The Morgan fingerprint density at radius 1 is 1.20 bits per heavy atom. The molecule has 3 aromatic rings. The number of carboxylic acids is 1. The average Bonchev–Trinajstić information content (AvgIpc) is 3.33. The predicted molar refractivity (Wildman–Crippen MR) is 138 cm³/mol. The Morgan fingerprint density at radius 2 is 1.97 bits per heavy atom. The van der Waals surface area contributed by atoms with Crippen molar-refractivity contribution in [2.24, 2.45) is 17.8 Å². The van der Waals surface area contributed by atoms with Crippen LogP contribution in [0.25, 0.3) is 22.4 Å². The van der Waals surface area contributed by atoms with Gasteiger partial charge in [-0.2, -0.15) is 0 Å². The van der Waals surface area contributed by atoms with Gasteiger partial charge in [0, 0.05) is 35.3 Å². The van der Waals surface area contributed by atoms with Gasteiger partial charge in [0.05, 0.1) is 25.1 Å². The molecule has 0 bridgehead atoms. The van der Waals surface area contributed by atoms with Gasteiger partial charge in [-0.05, 0) is 29.9 Å². The summed E-state index contributed by atoms with van der Waals surface area (Å²) in [6.45, 7) is 4.45. The average molecular weight is 492 g/mol. The Balaban J connectivity index is 1.68. The van der Waals surface area contributed by atoms with Crippen LogP contribution in [0.15, 0.2) is 60.1 Å². The maximum atomic E-state index is 13.6. The molecule has 2 atom stereocenters. The number of benzene rings is 1. The molecule has 0 spiro atoms. The summed E-state index contributed by atoms with van der Waals surface area (Å²) in [5.74, 6) is -1.04. The van der Waals surface area contributed by atoms with Crippen LogP contribution in [-0.4, -0.2) is 40.6 Å². The smallest absolute Gasteiger partial charge is 0.304 e. The van der Waals surface area contributed by atoms with E-state index in [0.29, 0.717) is 24.0 Å². The molecule has 35 heavy (non-hydrogen) atoms. The van der Waals surface area contributed by atoms with E-state index < -0.39 is 11.9 Å². The number of hydrogen-bond acceptors (Lipinski definition) is 6. The number of carboxylic acid groups (broad SMARTS) is 1. The third kappa shape index (κ3) is 5.43. The van der Waals surface area contributed by atoms with Crippen LogP contribution in [0.2, 0.25) is 0 Å². The lowest BCUT2D eigenvalue weighted by atomic mass is 9.78. The minimum Gasteiger partial charge on any atom is -0.481 e. The molecular formula is C27H29N3O4S. The maximum absolute atomic E-state index is 13.6. The quantitative estimate of drug-likeness (QED) is 0.437. The van der Waals surface area contributed by atoms with Gasteiger partial charge in [-0.3, -0.25) is 14.5 Å². The number of anilines is 1. The van der Waals surface area contributed by atoms with Gasteiger partial charge in [-0.25, -0.2) is 9.97 Å². The molecule has 0 radical (unpaired) electrons. The molecule has 0 fully saturated rings. The van der Waals surface area contributed by atoms with Gasteiger partial charge >= 0.3 is 5.97 Å². The second-order valence-corrected chi connectivity index (χ2v) is 9.75.